The summed E-state index contributed by atoms with van der Waals surface area (Å²) in [4.78, 5) is 33.1. The van der Waals surface area contributed by atoms with Crippen LogP contribution in [0.4, 0.5) is 4.79 Å². The Morgan fingerprint density at radius 2 is 2.00 bits per heavy atom. The zero-order valence-electron chi connectivity index (χ0n) is 10.8. The average Bonchev–Trinajstić information content (AvgIpc) is 2.33. The number of carboxylic acids is 1. The van der Waals surface area contributed by atoms with Gasteiger partial charge in [0.15, 0.2) is 0 Å². The molecule has 0 heterocycles. The lowest BCUT2D eigenvalue weighted by molar-refractivity contribution is -0.142. The molecule has 110 valence electrons. The summed E-state index contributed by atoms with van der Waals surface area (Å²) in [7, 11) is 0.163. The molecule has 8 nitrogen and oxygen atoms in total. The molecule has 0 aromatic carbocycles. The Morgan fingerprint density at radius 1 is 1.37 bits per heavy atom. The van der Waals surface area contributed by atoms with Gasteiger partial charge in [0.05, 0.1) is 7.11 Å². The molecule has 19 heavy (non-hydrogen) atoms. The molecule has 0 aliphatic carbocycles. The Labute approximate surface area is 113 Å². The molecule has 0 aromatic rings. The van der Waals surface area contributed by atoms with Gasteiger partial charge in [0.2, 0.25) is 0 Å². The molecule has 0 aliphatic rings. The third-order valence-corrected chi connectivity index (χ3v) is 2.92. The van der Waals surface area contributed by atoms with E-state index in [9.17, 15) is 18.6 Å². The van der Waals surface area contributed by atoms with Crippen LogP contribution in [0.15, 0.2) is 0 Å². The van der Waals surface area contributed by atoms with Crippen molar-refractivity contribution in [3.8, 4) is 0 Å². The normalized spacial score (nSPS) is 13.2. The van der Waals surface area contributed by atoms with Gasteiger partial charge >= 0.3 is 18.0 Å². The molecular formula is C10H18N2O6S. The first-order valence-corrected chi connectivity index (χ1v) is 7.23. The summed E-state index contributed by atoms with van der Waals surface area (Å²) in [5.74, 6) is -1.50. The Balaban J connectivity index is 4.12. The summed E-state index contributed by atoms with van der Waals surface area (Å²) in [6.07, 6.45) is 1.33. The lowest BCUT2D eigenvalue weighted by Crippen LogP contribution is -2.47. The van der Waals surface area contributed by atoms with E-state index in [0.717, 1.165) is 0 Å². The van der Waals surface area contributed by atoms with E-state index in [-0.39, 0.29) is 25.1 Å². The van der Waals surface area contributed by atoms with Gasteiger partial charge in [-0.15, -0.1) is 0 Å². The van der Waals surface area contributed by atoms with Crippen LogP contribution in [0.2, 0.25) is 0 Å². The second kappa shape index (κ2) is 9.31. The van der Waals surface area contributed by atoms with Crippen LogP contribution in [0.25, 0.3) is 0 Å². The number of esters is 1. The van der Waals surface area contributed by atoms with Gasteiger partial charge in [-0.3, -0.25) is 9.00 Å². The molecule has 0 saturated heterocycles. The number of urea groups is 1. The monoisotopic (exact) mass is 294 g/mol. The first-order valence-electron chi connectivity index (χ1n) is 5.50. The maximum Gasteiger partial charge on any atom is 0.326 e. The predicted molar refractivity (Wildman–Crippen MR) is 68.1 cm³/mol. The molecule has 3 N–H and O–H groups in total. The van der Waals surface area contributed by atoms with Gasteiger partial charge in [-0.05, 0) is 6.42 Å². The van der Waals surface area contributed by atoms with Crippen molar-refractivity contribution in [1.29, 1.82) is 0 Å². The highest BCUT2D eigenvalue weighted by Gasteiger charge is 2.20. The van der Waals surface area contributed by atoms with E-state index in [2.05, 4.69) is 15.4 Å². The highest BCUT2D eigenvalue weighted by Crippen LogP contribution is 1.99. The number of nitrogens with one attached hydrogen (secondary N) is 2. The van der Waals surface area contributed by atoms with E-state index in [1.807, 2.05) is 0 Å². The summed E-state index contributed by atoms with van der Waals surface area (Å²) in [5, 5.41) is 13.5. The van der Waals surface area contributed by atoms with Crippen LogP contribution in [0.3, 0.4) is 0 Å². The number of carbonyl (C=O) groups excluding carboxylic acids is 2. The topological polar surface area (TPSA) is 122 Å². The number of aliphatic carboxylic acids is 1. The molecule has 0 rings (SSSR count). The van der Waals surface area contributed by atoms with Crippen molar-refractivity contribution in [3.63, 3.8) is 0 Å². The predicted octanol–water partition coefficient (Wildman–Crippen LogP) is -0.929. The van der Waals surface area contributed by atoms with Gasteiger partial charge in [-0.25, -0.2) is 9.59 Å². The number of hydrogen-bond donors (Lipinski definition) is 3. The molecule has 0 fully saturated rings. The minimum Gasteiger partial charge on any atom is -0.480 e. The number of ether oxygens (including phenoxy) is 1. The van der Waals surface area contributed by atoms with E-state index in [4.69, 9.17) is 5.11 Å². The zero-order valence-corrected chi connectivity index (χ0v) is 11.6. The van der Waals surface area contributed by atoms with E-state index >= 15 is 0 Å². The maximum atomic E-state index is 11.4. The summed E-state index contributed by atoms with van der Waals surface area (Å²) in [6.45, 7) is 0.179. The molecular weight excluding hydrogens is 276 g/mol. The fourth-order valence-electron chi connectivity index (χ4n) is 1.14. The van der Waals surface area contributed by atoms with E-state index in [0.29, 0.717) is 0 Å². The fraction of sp³-hybridized carbons (Fsp3) is 0.700. The highest BCUT2D eigenvalue weighted by atomic mass is 32.2. The smallest absolute Gasteiger partial charge is 0.326 e. The first-order chi connectivity index (χ1) is 8.86. The first kappa shape index (κ1) is 17.4. The standard InChI is InChI=1S/C10H18N2O6S/c1-18-8(13)4-3-7(9(14)15)12-10(16)11-5-6-19(2)17/h7H,3-6H2,1-2H3,(H,14,15)(H2,11,12,16)/t7-,19?/m1/s1. The van der Waals surface area contributed by atoms with E-state index in [1.165, 1.54) is 13.4 Å². The van der Waals surface area contributed by atoms with Crippen molar-refractivity contribution in [1.82, 2.24) is 10.6 Å². The summed E-state index contributed by atoms with van der Waals surface area (Å²) in [5.41, 5.74) is 0. The Bertz CT molecular complexity index is 360. The molecule has 0 radical (unpaired) electrons. The second-order valence-electron chi connectivity index (χ2n) is 3.68. The summed E-state index contributed by atoms with van der Waals surface area (Å²) >= 11 is 0. The number of hydrogen-bond acceptors (Lipinski definition) is 5. The number of methoxy groups -OCH3 is 1. The van der Waals surface area contributed by atoms with Crippen molar-refractivity contribution >= 4 is 28.8 Å². The Hall–Kier alpha value is -1.64. The van der Waals surface area contributed by atoms with E-state index in [1.54, 1.807) is 0 Å². The number of amides is 2. The van der Waals surface area contributed by atoms with Crippen LogP contribution in [0.1, 0.15) is 12.8 Å². The lowest BCUT2D eigenvalue weighted by Gasteiger charge is -2.14. The van der Waals surface area contributed by atoms with Crippen LogP contribution in [0, 0.1) is 0 Å². The molecule has 9 heteroatoms. The van der Waals surface area contributed by atoms with Crippen LogP contribution < -0.4 is 10.6 Å². The molecule has 2 atom stereocenters. The van der Waals surface area contributed by atoms with Gasteiger partial charge in [-0.2, -0.15) is 0 Å². The van der Waals surface area contributed by atoms with Crippen LogP contribution >= 0.6 is 0 Å². The van der Waals surface area contributed by atoms with Crippen molar-refractivity contribution in [2.75, 3.05) is 25.7 Å². The van der Waals surface area contributed by atoms with Gasteiger partial charge in [0.25, 0.3) is 0 Å². The highest BCUT2D eigenvalue weighted by molar-refractivity contribution is 7.84. The van der Waals surface area contributed by atoms with Crippen LogP contribution in [-0.4, -0.2) is 59.0 Å². The molecule has 0 aliphatic heterocycles. The van der Waals surface area contributed by atoms with Gasteiger partial charge in [0.1, 0.15) is 6.04 Å². The van der Waals surface area contributed by atoms with Crippen molar-refractivity contribution in [2.45, 2.75) is 18.9 Å². The molecule has 0 spiro atoms. The SMILES string of the molecule is COC(=O)CC[C@@H](NC(=O)NCCS(C)=O)C(=O)O. The second-order valence-corrected chi connectivity index (χ2v) is 5.24. The van der Waals surface area contributed by atoms with Crippen molar-refractivity contribution < 1.29 is 28.4 Å². The third-order valence-electron chi connectivity index (χ3n) is 2.14. The minimum absolute atomic E-state index is 0.0604. The quantitative estimate of drug-likeness (QED) is 0.497. The number of carboxylic acid groups (broad SMARTS) is 1. The van der Waals surface area contributed by atoms with Gasteiger partial charge in [0, 0.05) is 35.8 Å². The number of carbonyl (C=O) groups is 3. The Kier molecular flexibility index (Phi) is 8.51. The van der Waals surface area contributed by atoms with Crippen LogP contribution in [0.5, 0.6) is 0 Å². The third kappa shape index (κ3) is 9.00. The van der Waals surface area contributed by atoms with Crippen molar-refractivity contribution in [2.24, 2.45) is 0 Å². The van der Waals surface area contributed by atoms with Gasteiger partial charge in [-0.1, -0.05) is 0 Å². The molecule has 0 bridgehead atoms. The molecule has 0 saturated carbocycles. The average molecular weight is 294 g/mol. The fourth-order valence-corrected chi connectivity index (χ4v) is 1.53. The number of rotatable bonds is 8. The molecule has 2 amide bonds. The summed E-state index contributed by atoms with van der Waals surface area (Å²) < 4.78 is 15.1. The van der Waals surface area contributed by atoms with Gasteiger partial charge < -0.3 is 20.5 Å². The maximum absolute atomic E-state index is 11.4. The minimum atomic E-state index is -1.24. The largest absolute Gasteiger partial charge is 0.480 e. The molecule has 0 aromatic heterocycles. The van der Waals surface area contributed by atoms with Crippen molar-refractivity contribution in [3.05, 3.63) is 0 Å². The Morgan fingerprint density at radius 3 is 2.47 bits per heavy atom. The summed E-state index contributed by atoms with van der Waals surface area (Å²) in [6, 6.07) is -1.85. The van der Waals surface area contributed by atoms with E-state index < -0.39 is 34.8 Å². The zero-order chi connectivity index (χ0) is 14.8. The lowest BCUT2D eigenvalue weighted by atomic mass is 10.1. The molecule has 1 unspecified atom stereocenters. The van der Waals surface area contributed by atoms with Crippen LogP contribution in [-0.2, 0) is 25.1 Å².